The van der Waals surface area contributed by atoms with E-state index in [9.17, 15) is 19.7 Å². The number of nitrogens with one attached hydrogen (secondary N) is 2. The van der Waals surface area contributed by atoms with Crippen LogP contribution in [0.15, 0.2) is 42.5 Å². The minimum absolute atomic E-state index is 0.0105. The molecule has 0 unspecified atom stereocenters. The fourth-order valence-corrected chi connectivity index (χ4v) is 4.81. The van der Waals surface area contributed by atoms with Gasteiger partial charge in [0.1, 0.15) is 5.69 Å². The third kappa shape index (κ3) is 7.14. The molecule has 2 aliphatic carbocycles. The summed E-state index contributed by atoms with van der Waals surface area (Å²) in [6.07, 6.45) is 9.92. The Morgan fingerprint density at radius 1 is 0.788 bits per heavy atom. The molecule has 0 aromatic heterocycles. The van der Waals surface area contributed by atoms with Gasteiger partial charge in [-0.25, -0.2) is 0 Å². The van der Waals surface area contributed by atoms with E-state index < -0.39 is 4.92 Å². The fraction of sp³-hybridized carbons (Fsp3) is 0.462. The number of hydrogen-bond acceptors (Lipinski definition) is 4. The SMILES string of the molecule is CC(=O)Nc1ccc(C2CCCC2)cc1.CC(=O)Nc1ccc(C2CCCC2)cc1[N+](=O)[O-]. The molecule has 2 fully saturated rings. The van der Waals surface area contributed by atoms with E-state index in [-0.39, 0.29) is 23.2 Å². The van der Waals surface area contributed by atoms with Gasteiger partial charge in [0.2, 0.25) is 11.8 Å². The molecule has 2 aromatic rings. The van der Waals surface area contributed by atoms with Crippen LogP contribution in [0, 0.1) is 10.1 Å². The van der Waals surface area contributed by atoms with Gasteiger partial charge in [-0.3, -0.25) is 19.7 Å². The second kappa shape index (κ2) is 11.6. The lowest BCUT2D eigenvalue weighted by Gasteiger charge is -2.11. The van der Waals surface area contributed by atoms with Crippen LogP contribution in [0.2, 0.25) is 0 Å². The Hall–Kier alpha value is -3.22. The summed E-state index contributed by atoms with van der Waals surface area (Å²) in [7, 11) is 0. The lowest BCUT2D eigenvalue weighted by molar-refractivity contribution is -0.384. The molecule has 0 aliphatic heterocycles. The normalized spacial score (nSPS) is 16.1. The quantitative estimate of drug-likeness (QED) is 0.399. The van der Waals surface area contributed by atoms with Gasteiger partial charge >= 0.3 is 0 Å². The van der Waals surface area contributed by atoms with Crippen LogP contribution in [0.4, 0.5) is 17.1 Å². The van der Waals surface area contributed by atoms with Gasteiger partial charge in [0.15, 0.2) is 0 Å². The van der Waals surface area contributed by atoms with Crippen LogP contribution >= 0.6 is 0 Å². The summed E-state index contributed by atoms with van der Waals surface area (Å²) in [6.45, 7) is 2.87. The Morgan fingerprint density at radius 3 is 1.76 bits per heavy atom. The van der Waals surface area contributed by atoms with Crippen LogP contribution in [0.25, 0.3) is 0 Å². The van der Waals surface area contributed by atoms with Gasteiger partial charge in [-0.15, -0.1) is 0 Å². The van der Waals surface area contributed by atoms with Gasteiger partial charge in [0.25, 0.3) is 5.69 Å². The molecule has 0 radical (unpaired) electrons. The smallest absolute Gasteiger partial charge is 0.293 e. The molecular weight excluding hydrogens is 418 g/mol. The molecule has 0 bridgehead atoms. The summed E-state index contributed by atoms with van der Waals surface area (Å²) in [5, 5.41) is 16.3. The maximum Gasteiger partial charge on any atom is 0.293 e. The summed E-state index contributed by atoms with van der Waals surface area (Å²) in [6, 6.07) is 13.4. The molecular formula is C26H33N3O4. The van der Waals surface area contributed by atoms with Gasteiger partial charge in [-0.2, -0.15) is 0 Å². The number of amides is 2. The van der Waals surface area contributed by atoms with E-state index in [2.05, 4.69) is 22.8 Å². The summed E-state index contributed by atoms with van der Waals surface area (Å²) in [5.74, 6) is 0.863. The van der Waals surface area contributed by atoms with Crippen LogP contribution in [0.3, 0.4) is 0 Å². The van der Waals surface area contributed by atoms with Crippen LogP contribution in [-0.2, 0) is 9.59 Å². The number of carbonyl (C=O) groups excluding carboxylic acids is 2. The van der Waals surface area contributed by atoms with Crippen molar-refractivity contribution in [2.24, 2.45) is 0 Å². The Morgan fingerprint density at radius 2 is 1.27 bits per heavy atom. The third-order valence-electron chi connectivity index (χ3n) is 6.41. The van der Waals surface area contributed by atoms with Crippen molar-refractivity contribution in [3.05, 3.63) is 63.7 Å². The van der Waals surface area contributed by atoms with Gasteiger partial charge in [0.05, 0.1) is 4.92 Å². The van der Waals surface area contributed by atoms with Crippen molar-refractivity contribution in [2.75, 3.05) is 10.6 Å². The number of anilines is 2. The van der Waals surface area contributed by atoms with Crippen molar-refractivity contribution >= 4 is 28.9 Å². The van der Waals surface area contributed by atoms with E-state index in [1.165, 1.54) is 57.9 Å². The maximum absolute atomic E-state index is 11.0. The number of carbonyl (C=O) groups is 2. The highest BCUT2D eigenvalue weighted by atomic mass is 16.6. The predicted molar refractivity (Wildman–Crippen MR) is 131 cm³/mol. The zero-order valence-corrected chi connectivity index (χ0v) is 19.4. The fourth-order valence-electron chi connectivity index (χ4n) is 4.81. The highest BCUT2D eigenvalue weighted by molar-refractivity contribution is 5.91. The molecule has 7 heteroatoms. The Kier molecular flexibility index (Phi) is 8.58. The lowest BCUT2D eigenvalue weighted by atomic mass is 9.97. The molecule has 0 atom stereocenters. The lowest BCUT2D eigenvalue weighted by Crippen LogP contribution is -2.08. The molecule has 2 amide bonds. The Balaban J connectivity index is 0.000000189. The number of nitro groups is 1. The first-order valence-electron chi connectivity index (χ1n) is 11.8. The zero-order valence-electron chi connectivity index (χ0n) is 19.4. The first kappa shape index (κ1) is 24.4. The van der Waals surface area contributed by atoms with E-state index in [4.69, 9.17) is 0 Å². The summed E-state index contributed by atoms with van der Waals surface area (Å²) in [5.41, 5.74) is 3.57. The molecule has 2 saturated carbocycles. The van der Waals surface area contributed by atoms with E-state index in [1.807, 2.05) is 18.2 Å². The number of nitro benzene ring substituents is 1. The first-order valence-corrected chi connectivity index (χ1v) is 11.8. The first-order chi connectivity index (χ1) is 15.8. The van der Waals surface area contributed by atoms with E-state index >= 15 is 0 Å². The average molecular weight is 452 g/mol. The maximum atomic E-state index is 11.0. The average Bonchev–Trinajstić information content (AvgIpc) is 3.49. The van der Waals surface area contributed by atoms with Gasteiger partial charge in [-0.1, -0.05) is 43.9 Å². The minimum Gasteiger partial charge on any atom is -0.326 e. The Labute approximate surface area is 195 Å². The van der Waals surface area contributed by atoms with Gasteiger partial charge in [-0.05, 0) is 66.8 Å². The molecule has 7 nitrogen and oxygen atoms in total. The third-order valence-corrected chi connectivity index (χ3v) is 6.41. The molecule has 176 valence electrons. The van der Waals surface area contributed by atoms with Crippen LogP contribution in [0.1, 0.15) is 88.2 Å². The number of rotatable bonds is 5. The second-order valence-electron chi connectivity index (χ2n) is 8.98. The number of hydrogen-bond donors (Lipinski definition) is 2. The Bertz CT molecular complexity index is 976. The van der Waals surface area contributed by atoms with Crippen molar-refractivity contribution in [1.82, 2.24) is 0 Å². The van der Waals surface area contributed by atoms with Crippen LogP contribution in [0.5, 0.6) is 0 Å². The molecule has 0 saturated heterocycles. The topological polar surface area (TPSA) is 101 Å². The summed E-state index contributed by atoms with van der Waals surface area (Å²) >= 11 is 0. The number of benzene rings is 2. The van der Waals surface area contributed by atoms with Crippen LogP contribution < -0.4 is 10.6 Å². The molecule has 2 aliphatic rings. The highest BCUT2D eigenvalue weighted by Crippen LogP contribution is 2.37. The van der Waals surface area contributed by atoms with Crippen molar-refractivity contribution in [2.45, 2.75) is 77.0 Å². The van der Waals surface area contributed by atoms with E-state index in [0.29, 0.717) is 5.92 Å². The predicted octanol–water partition coefficient (Wildman–Crippen LogP) is 6.51. The van der Waals surface area contributed by atoms with Gasteiger partial charge < -0.3 is 10.6 Å². The summed E-state index contributed by atoms with van der Waals surface area (Å²) < 4.78 is 0. The van der Waals surface area contributed by atoms with E-state index in [0.717, 1.165) is 30.0 Å². The van der Waals surface area contributed by atoms with Crippen molar-refractivity contribution in [3.63, 3.8) is 0 Å². The molecule has 4 rings (SSSR count). The highest BCUT2D eigenvalue weighted by Gasteiger charge is 2.22. The molecule has 0 heterocycles. The van der Waals surface area contributed by atoms with Crippen molar-refractivity contribution < 1.29 is 14.5 Å². The summed E-state index contributed by atoms with van der Waals surface area (Å²) in [4.78, 5) is 32.4. The monoisotopic (exact) mass is 451 g/mol. The second-order valence-corrected chi connectivity index (χ2v) is 8.98. The zero-order chi connectivity index (χ0) is 23.8. The van der Waals surface area contributed by atoms with E-state index in [1.54, 1.807) is 12.1 Å². The molecule has 2 N–H and O–H groups in total. The number of nitrogens with zero attached hydrogens (tertiary/aromatic N) is 1. The van der Waals surface area contributed by atoms with Crippen LogP contribution in [-0.4, -0.2) is 16.7 Å². The minimum atomic E-state index is -0.441. The standard InChI is InChI=1S/C13H16N2O3.C13H17NO/c1-9(16)14-12-7-6-11(8-13(12)15(17)18)10-4-2-3-5-10;1-10(15)14-13-8-6-12(7-9-13)11-4-2-3-5-11/h6-8,10H,2-5H2,1H3,(H,14,16);6-9,11H,2-5H2,1H3,(H,14,15). The molecule has 33 heavy (non-hydrogen) atoms. The molecule has 0 spiro atoms. The van der Waals surface area contributed by atoms with Crippen molar-refractivity contribution in [3.8, 4) is 0 Å². The van der Waals surface area contributed by atoms with Crippen molar-refractivity contribution in [1.29, 1.82) is 0 Å². The largest absolute Gasteiger partial charge is 0.326 e. The molecule has 2 aromatic carbocycles. The van der Waals surface area contributed by atoms with Gasteiger partial charge in [0, 0.05) is 25.6 Å².